The van der Waals surface area contributed by atoms with Crippen LogP contribution in [0.5, 0.6) is 0 Å². The minimum Gasteiger partial charge on any atom is -0.386 e. The standard InChI is InChI=1S/C5H8N2.C4H11N3/c1-2-5-6-3-4-7-5;1-3-4(5)7-6-2/h3-4H,2H2,1H3,(H,6,7);6H,3H2,1-2H3,(H2,5,7). The number of amidine groups is 1. The highest BCUT2D eigenvalue weighted by Crippen LogP contribution is 1.85. The summed E-state index contributed by atoms with van der Waals surface area (Å²) in [6, 6.07) is 0. The first kappa shape index (κ1) is 12.5. The summed E-state index contributed by atoms with van der Waals surface area (Å²) >= 11 is 0. The molecule has 5 nitrogen and oxygen atoms in total. The number of hydrogen-bond donors (Lipinski definition) is 3. The Labute approximate surface area is 84.8 Å². The predicted molar refractivity (Wildman–Crippen MR) is 58.9 cm³/mol. The number of nitrogens with one attached hydrogen (secondary N) is 2. The lowest BCUT2D eigenvalue weighted by molar-refractivity contribution is 0.887. The second-order valence-electron chi connectivity index (χ2n) is 2.57. The van der Waals surface area contributed by atoms with E-state index in [1.165, 1.54) is 0 Å². The molecular weight excluding hydrogens is 178 g/mol. The maximum Gasteiger partial charge on any atom is 0.119 e. The molecule has 0 aliphatic carbocycles. The van der Waals surface area contributed by atoms with Gasteiger partial charge in [-0.05, 0) is 0 Å². The van der Waals surface area contributed by atoms with Crippen molar-refractivity contribution in [1.29, 1.82) is 0 Å². The average Bonchev–Trinajstić information content (AvgIpc) is 2.71. The molecule has 0 fully saturated rings. The topological polar surface area (TPSA) is 79.1 Å². The molecule has 1 aromatic heterocycles. The fourth-order valence-corrected chi connectivity index (χ4v) is 0.714. The molecule has 4 N–H and O–H groups in total. The lowest BCUT2D eigenvalue weighted by atomic mass is 10.5. The van der Waals surface area contributed by atoms with E-state index in [0.717, 1.165) is 18.7 Å². The monoisotopic (exact) mass is 197 g/mol. The van der Waals surface area contributed by atoms with Crippen LogP contribution in [0, 0.1) is 0 Å². The van der Waals surface area contributed by atoms with E-state index in [1.807, 2.05) is 13.1 Å². The van der Waals surface area contributed by atoms with Gasteiger partial charge in [-0.15, -0.1) is 0 Å². The third-order valence-electron chi connectivity index (χ3n) is 1.51. The highest BCUT2D eigenvalue weighted by atomic mass is 15.3. The highest BCUT2D eigenvalue weighted by molar-refractivity contribution is 5.79. The summed E-state index contributed by atoms with van der Waals surface area (Å²) in [6.45, 7) is 4.02. The van der Waals surface area contributed by atoms with Gasteiger partial charge in [0.25, 0.3) is 0 Å². The fourth-order valence-electron chi connectivity index (χ4n) is 0.714. The molecule has 0 aromatic carbocycles. The molecule has 1 rings (SSSR count). The minimum atomic E-state index is 0.641. The van der Waals surface area contributed by atoms with Crippen LogP contribution in [0.2, 0.25) is 0 Å². The number of aryl methyl sites for hydroxylation is 1. The smallest absolute Gasteiger partial charge is 0.119 e. The Morgan fingerprint density at radius 1 is 1.64 bits per heavy atom. The lowest BCUT2D eigenvalue weighted by Crippen LogP contribution is -2.13. The van der Waals surface area contributed by atoms with Crippen LogP contribution in [-0.4, -0.2) is 22.9 Å². The highest BCUT2D eigenvalue weighted by Gasteiger charge is 1.82. The number of H-pyrrole nitrogens is 1. The Balaban J connectivity index is 0.000000241. The van der Waals surface area contributed by atoms with E-state index in [2.05, 4.69) is 27.4 Å². The Kier molecular flexibility index (Phi) is 7.22. The van der Waals surface area contributed by atoms with Gasteiger partial charge in [0.2, 0.25) is 0 Å². The van der Waals surface area contributed by atoms with Gasteiger partial charge in [-0.25, -0.2) is 4.98 Å². The Bertz CT molecular complexity index is 240. The zero-order valence-electron chi connectivity index (χ0n) is 9.04. The lowest BCUT2D eigenvalue weighted by Gasteiger charge is -1.90. The second-order valence-corrected chi connectivity index (χ2v) is 2.57. The van der Waals surface area contributed by atoms with Crippen molar-refractivity contribution >= 4 is 5.84 Å². The van der Waals surface area contributed by atoms with Crippen LogP contribution >= 0.6 is 0 Å². The van der Waals surface area contributed by atoms with Crippen LogP contribution in [0.25, 0.3) is 0 Å². The van der Waals surface area contributed by atoms with E-state index < -0.39 is 0 Å². The molecule has 0 radical (unpaired) electrons. The molecule has 0 saturated carbocycles. The Hall–Kier alpha value is -1.52. The van der Waals surface area contributed by atoms with E-state index in [9.17, 15) is 0 Å². The first-order valence-corrected chi connectivity index (χ1v) is 4.71. The molecule has 0 bridgehead atoms. The average molecular weight is 197 g/mol. The van der Waals surface area contributed by atoms with Crippen LogP contribution in [0.3, 0.4) is 0 Å². The zero-order valence-corrected chi connectivity index (χ0v) is 9.04. The predicted octanol–water partition coefficient (Wildman–Crippen LogP) is 0.860. The molecule has 0 aliphatic rings. The summed E-state index contributed by atoms with van der Waals surface area (Å²) in [6.07, 6.45) is 5.39. The summed E-state index contributed by atoms with van der Waals surface area (Å²) in [5.74, 6) is 1.70. The first-order chi connectivity index (χ1) is 6.74. The van der Waals surface area contributed by atoms with E-state index in [4.69, 9.17) is 5.73 Å². The van der Waals surface area contributed by atoms with Gasteiger partial charge in [0.05, 0.1) is 0 Å². The number of aromatic amines is 1. The maximum absolute atomic E-state index is 5.27. The molecule has 0 spiro atoms. The SMILES string of the molecule is CC/C(N)=N/NC.CCc1ncc[nH]1. The van der Waals surface area contributed by atoms with Gasteiger partial charge in [-0.3, -0.25) is 0 Å². The van der Waals surface area contributed by atoms with Crippen LogP contribution < -0.4 is 11.2 Å². The number of hydrazone groups is 1. The first-order valence-electron chi connectivity index (χ1n) is 4.71. The summed E-state index contributed by atoms with van der Waals surface area (Å²) in [7, 11) is 1.72. The van der Waals surface area contributed by atoms with Crippen molar-refractivity contribution in [3.05, 3.63) is 18.2 Å². The molecule has 0 atom stereocenters. The molecular formula is C9H19N5. The van der Waals surface area contributed by atoms with Gasteiger partial charge < -0.3 is 16.1 Å². The summed E-state index contributed by atoms with van der Waals surface area (Å²) < 4.78 is 0. The molecule has 5 heteroatoms. The van der Waals surface area contributed by atoms with Crippen molar-refractivity contribution in [3.8, 4) is 0 Å². The second kappa shape index (κ2) is 8.10. The van der Waals surface area contributed by atoms with Gasteiger partial charge in [0, 0.05) is 32.3 Å². The number of hydrogen-bond acceptors (Lipinski definition) is 3. The number of nitrogens with zero attached hydrogens (tertiary/aromatic N) is 2. The zero-order chi connectivity index (χ0) is 10.8. The number of aromatic nitrogens is 2. The Morgan fingerprint density at radius 3 is 2.57 bits per heavy atom. The normalized spacial score (nSPS) is 10.4. The molecule has 1 aromatic rings. The summed E-state index contributed by atoms with van der Waals surface area (Å²) in [4.78, 5) is 6.95. The van der Waals surface area contributed by atoms with Crippen LogP contribution in [0.15, 0.2) is 17.5 Å². The van der Waals surface area contributed by atoms with Gasteiger partial charge >= 0.3 is 0 Å². The molecule has 0 unspecified atom stereocenters. The number of imidazole rings is 1. The maximum atomic E-state index is 5.27. The molecule has 0 amide bonds. The van der Waals surface area contributed by atoms with Gasteiger partial charge in [0.15, 0.2) is 0 Å². The van der Waals surface area contributed by atoms with Crippen molar-refractivity contribution in [2.24, 2.45) is 10.8 Å². The van der Waals surface area contributed by atoms with Crippen molar-refractivity contribution in [3.63, 3.8) is 0 Å². The number of nitrogens with two attached hydrogens (primary N) is 1. The van der Waals surface area contributed by atoms with E-state index in [0.29, 0.717) is 5.84 Å². The van der Waals surface area contributed by atoms with E-state index >= 15 is 0 Å². The van der Waals surface area contributed by atoms with Crippen molar-refractivity contribution in [1.82, 2.24) is 15.4 Å². The van der Waals surface area contributed by atoms with Crippen molar-refractivity contribution in [2.75, 3.05) is 7.05 Å². The molecule has 1 heterocycles. The molecule has 0 saturated heterocycles. The largest absolute Gasteiger partial charge is 0.386 e. The van der Waals surface area contributed by atoms with Crippen molar-refractivity contribution in [2.45, 2.75) is 26.7 Å². The summed E-state index contributed by atoms with van der Waals surface area (Å²) in [5.41, 5.74) is 7.85. The van der Waals surface area contributed by atoms with Gasteiger partial charge in [-0.1, -0.05) is 13.8 Å². The quantitative estimate of drug-likeness (QED) is 0.382. The van der Waals surface area contributed by atoms with E-state index in [1.54, 1.807) is 13.2 Å². The van der Waals surface area contributed by atoms with Gasteiger partial charge in [-0.2, -0.15) is 5.10 Å². The minimum absolute atomic E-state index is 0.641. The molecule has 0 aliphatic heterocycles. The third kappa shape index (κ3) is 6.05. The summed E-state index contributed by atoms with van der Waals surface area (Å²) in [5, 5.41) is 3.69. The van der Waals surface area contributed by atoms with Crippen molar-refractivity contribution < 1.29 is 0 Å². The van der Waals surface area contributed by atoms with Crippen LogP contribution in [-0.2, 0) is 6.42 Å². The third-order valence-corrected chi connectivity index (χ3v) is 1.51. The van der Waals surface area contributed by atoms with Crippen LogP contribution in [0.1, 0.15) is 26.1 Å². The van der Waals surface area contributed by atoms with E-state index in [-0.39, 0.29) is 0 Å². The van der Waals surface area contributed by atoms with Gasteiger partial charge in [0.1, 0.15) is 11.7 Å². The van der Waals surface area contributed by atoms with Crippen LogP contribution in [0.4, 0.5) is 0 Å². The molecule has 14 heavy (non-hydrogen) atoms. The Morgan fingerprint density at radius 2 is 2.36 bits per heavy atom. The fraction of sp³-hybridized carbons (Fsp3) is 0.556. The number of rotatable bonds is 3. The molecule has 80 valence electrons.